The van der Waals surface area contributed by atoms with Crippen molar-refractivity contribution in [3.05, 3.63) is 30.1 Å². The average molecular weight is 330 g/mol. The number of hydrogen-bond acceptors (Lipinski definition) is 3. The molecule has 19 heavy (non-hydrogen) atoms. The molecule has 4 nitrogen and oxygen atoms in total. The molecule has 0 aliphatic carbocycles. The highest BCUT2D eigenvalue weighted by Gasteiger charge is 2.34. The van der Waals surface area contributed by atoms with Gasteiger partial charge in [-0.1, -0.05) is 34.8 Å². The molecule has 0 spiro atoms. The minimum atomic E-state index is -1.80. The quantitative estimate of drug-likeness (QED) is 0.654. The lowest BCUT2D eigenvalue weighted by molar-refractivity contribution is 0.149. The molecule has 0 aliphatic heterocycles. The minimum Gasteiger partial charge on any atom is -0.450 e. The summed E-state index contributed by atoms with van der Waals surface area (Å²) in [6.07, 6.45) is -1.75. The summed E-state index contributed by atoms with van der Waals surface area (Å²) < 4.78 is 15.7. The van der Waals surface area contributed by atoms with Crippen LogP contribution in [0.25, 0.3) is 0 Å². The van der Waals surface area contributed by atoms with Crippen molar-refractivity contribution in [2.75, 3.05) is 11.9 Å². The standard InChI is InChI=1S/C11H12Cl3FN2O2/c1-2-19-10(18)17-9(11(12,13)14)16-8-5-3-7(15)4-6-8/h3-6,9,16H,2H2,1H3,(H,17,18)/t9-/m0/s1. The summed E-state index contributed by atoms with van der Waals surface area (Å²) in [7, 11) is 0. The zero-order valence-electron chi connectivity index (χ0n) is 9.92. The molecule has 0 unspecified atom stereocenters. The molecule has 1 rings (SSSR count). The number of ether oxygens (including phenoxy) is 1. The number of benzene rings is 1. The van der Waals surface area contributed by atoms with Gasteiger partial charge in [0.15, 0.2) is 0 Å². The number of alkyl halides is 3. The van der Waals surface area contributed by atoms with Crippen LogP contribution in [0.4, 0.5) is 14.9 Å². The molecule has 1 aromatic carbocycles. The largest absolute Gasteiger partial charge is 0.450 e. The van der Waals surface area contributed by atoms with E-state index in [0.29, 0.717) is 5.69 Å². The van der Waals surface area contributed by atoms with E-state index < -0.39 is 21.9 Å². The molecule has 0 saturated heterocycles. The van der Waals surface area contributed by atoms with Crippen LogP contribution in [0.1, 0.15) is 6.92 Å². The van der Waals surface area contributed by atoms with Gasteiger partial charge in [-0.3, -0.25) is 5.32 Å². The Morgan fingerprint density at radius 1 is 1.37 bits per heavy atom. The van der Waals surface area contributed by atoms with Gasteiger partial charge in [0, 0.05) is 5.69 Å². The summed E-state index contributed by atoms with van der Waals surface area (Å²) in [5.74, 6) is -0.394. The molecular formula is C11H12Cl3FN2O2. The Morgan fingerprint density at radius 2 is 1.95 bits per heavy atom. The first kappa shape index (κ1) is 16.1. The number of nitrogens with one attached hydrogen (secondary N) is 2. The molecule has 2 N–H and O–H groups in total. The molecule has 1 atom stereocenters. The SMILES string of the molecule is CCOC(=O)N[C@H](Nc1ccc(F)cc1)C(Cl)(Cl)Cl. The summed E-state index contributed by atoms with van der Waals surface area (Å²) in [6, 6.07) is 5.38. The van der Waals surface area contributed by atoms with Crippen molar-refractivity contribution in [3.63, 3.8) is 0 Å². The highest BCUT2D eigenvalue weighted by atomic mass is 35.6. The summed E-state index contributed by atoms with van der Waals surface area (Å²) >= 11 is 17.2. The monoisotopic (exact) mass is 328 g/mol. The fourth-order valence-corrected chi connectivity index (χ4v) is 1.53. The maximum atomic E-state index is 12.8. The van der Waals surface area contributed by atoms with Crippen molar-refractivity contribution in [1.29, 1.82) is 0 Å². The van der Waals surface area contributed by atoms with E-state index in [1.807, 2.05) is 0 Å². The zero-order valence-corrected chi connectivity index (χ0v) is 12.2. The molecular weight excluding hydrogens is 317 g/mol. The van der Waals surface area contributed by atoms with E-state index in [4.69, 9.17) is 39.5 Å². The molecule has 0 bridgehead atoms. The fraction of sp³-hybridized carbons (Fsp3) is 0.364. The second-order valence-corrected chi connectivity index (χ2v) is 5.86. The van der Waals surface area contributed by atoms with Crippen molar-refractivity contribution < 1.29 is 13.9 Å². The molecule has 0 saturated carbocycles. The first-order valence-corrected chi connectivity index (χ1v) is 6.48. The number of carbonyl (C=O) groups excluding carboxylic acids is 1. The van der Waals surface area contributed by atoms with E-state index in [1.165, 1.54) is 24.3 Å². The summed E-state index contributed by atoms with van der Waals surface area (Å²) in [5, 5.41) is 5.12. The molecule has 0 aromatic heterocycles. The number of alkyl carbamates (subject to hydrolysis) is 1. The highest BCUT2D eigenvalue weighted by molar-refractivity contribution is 6.68. The lowest BCUT2D eigenvalue weighted by Gasteiger charge is -2.26. The third-order valence-electron chi connectivity index (χ3n) is 2.02. The molecule has 0 aliphatic rings. The summed E-state index contributed by atoms with van der Waals surface area (Å²) in [4.78, 5) is 11.3. The van der Waals surface area contributed by atoms with E-state index in [9.17, 15) is 9.18 Å². The van der Waals surface area contributed by atoms with Crippen LogP contribution in [-0.2, 0) is 4.74 Å². The molecule has 0 radical (unpaired) electrons. The Labute approximate surface area is 125 Å². The van der Waals surface area contributed by atoms with Crippen LogP contribution in [0.5, 0.6) is 0 Å². The van der Waals surface area contributed by atoms with Gasteiger partial charge in [0.05, 0.1) is 6.61 Å². The third-order valence-corrected chi connectivity index (χ3v) is 2.67. The van der Waals surface area contributed by atoms with Gasteiger partial charge in [0.1, 0.15) is 12.0 Å². The van der Waals surface area contributed by atoms with Gasteiger partial charge in [-0.15, -0.1) is 0 Å². The molecule has 106 valence electrons. The number of carbonyl (C=O) groups is 1. The smallest absolute Gasteiger partial charge is 0.408 e. The van der Waals surface area contributed by atoms with E-state index in [0.717, 1.165) is 0 Å². The van der Waals surface area contributed by atoms with E-state index in [1.54, 1.807) is 6.92 Å². The zero-order chi connectivity index (χ0) is 14.5. The number of hydrogen-bond donors (Lipinski definition) is 2. The summed E-state index contributed by atoms with van der Waals surface area (Å²) in [6.45, 7) is 1.84. The van der Waals surface area contributed by atoms with Crippen LogP contribution in [-0.4, -0.2) is 22.7 Å². The van der Waals surface area contributed by atoms with Crippen molar-refractivity contribution in [2.45, 2.75) is 16.9 Å². The molecule has 0 fully saturated rings. The Bertz CT molecular complexity index is 423. The molecule has 1 aromatic rings. The van der Waals surface area contributed by atoms with Gasteiger partial charge in [0.2, 0.25) is 3.79 Å². The van der Waals surface area contributed by atoms with E-state index >= 15 is 0 Å². The Morgan fingerprint density at radius 3 is 2.42 bits per heavy atom. The Hall–Kier alpha value is -0.910. The van der Waals surface area contributed by atoms with Gasteiger partial charge >= 0.3 is 6.09 Å². The average Bonchev–Trinajstić information content (AvgIpc) is 2.30. The minimum absolute atomic E-state index is 0.189. The first-order chi connectivity index (χ1) is 8.82. The van der Waals surface area contributed by atoms with Crippen LogP contribution >= 0.6 is 34.8 Å². The fourth-order valence-electron chi connectivity index (χ4n) is 1.20. The van der Waals surface area contributed by atoms with Gasteiger partial charge in [-0.05, 0) is 31.2 Å². The maximum Gasteiger partial charge on any atom is 0.408 e. The number of amides is 1. The van der Waals surface area contributed by atoms with Gasteiger partial charge in [-0.2, -0.15) is 0 Å². The van der Waals surface area contributed by atoms with E-state index in [-0.39, 0.29) is 6.61 Å². The lowest BCUT2D eigenvalue weighted by Crippen LogP contribution is -2.49. The maximum absolute atomic E-state index is 12.8. The lowest BCUT2D eigenvalue weighted by atomic mass is 10.3. The van der Waals surface area contributed by atoms with Gasteiger partial charge in [-0.25, -0.2) is 9.18 Å². The Kier molecular flexibility index (Phi) is 5.97. The number of halogens is 4. The van der Waals surface area contributed by atoms with Crippen LogP contribution in [0.3, 0.4) is 0 Å². The van der Waals surface area contributed by atoms with E-state index in [2.05, 4.69) is 10.6 Å². The summed E-state index contributed by atoms with van der Waals surface area (Å²) in [5.41, 5.74) is 0.481. The van der Waals surface area contributed by atoms with Crippen LogP contribution in [0.15, 0.2) is 24.3 Å². The Balaban J connectivity index is 2.75. The van der Waals surface area contributed by atoms with Crippen LogP contribution in [0.2, 0.25) is 0 Å². The number of anilines is 1. The van der Waals surface area contributed by atoms with Crippen molar-refractivity contribution >= 4 is 46.6 Å². The normalized spacial score (nSPS) is 12.7. The molecule has 8 heteroatoms. The molecule has 0 heterocycles. The van der Waals surface area contributed by atoms with Crippen molar-refractivity contribution in [2.24, 2.45) is 0 Å². The highest BCUT2D eigenvalue weighted by Crippen LogP contribution is 2.31. The topological polar surface area (TPSA) is 50.4 Å². The first-order valence-electron chi connectivity index (χ1n) is 5.35. The van der Waals surface area contributed by atoms with Crippen molar-refractivity contribution in [1.82, 2.24) is 5.32 Å². The predicted octanol–water partition coefficient (Wildman–Crippen LogP) is 3.68. The van der Waals surface area contributed by atoms with Gasteiger partial charge < -0.3 is 10.1 Å². The second-order valence-electron chi connectivity index (χ2n) is 3.49. The van der Waals surface area contributed by atoms with Crippen molar-refractivity contribution in [3.8, 4) is 0 Å². The van der Waals surface area contributed by atoms with Crippen LogP contribution in [0, 0.1) is 5.82 Å². The van der Waals surface area contributed by atoms with Crippen LogP contribution < -0.4 is 10.6 Å². The third kappa shape index (κ3) is 5.72. The second kappa shape index (κ2) is 7.03. The number of rotatable bonds is 4. The van der Waals surface area contributed by atoms with Gasteiger partial charge in [0.25, 0.3) is 0 Å². The molecule has 1 amide bonds. The predicted molar refractivity (Wildman–Crippen MR) is 74.3 cm³/mol.